The average molecular weight is 240 g/mol. The third-order valence-electron chi connectivity index (χ3n) is 3.86. The number of aliphatic carboxylic acids is 1. The van der Waals surface area contributed by atoms with Crippen molar-refractivity contribution < 1.29 is 14.7 Å². The van der Waals surface area contributed by atoms with Gasteiger partial charge in [0.25, 0.3) is 0 Å². The molecule has 0 bridgehead atoms. The zero-order valence-electron chi connectivity index (χ0n) is 9.97. The van der Waals surface area contributed by atoms with Crippen LogP contribution < -0.4 is 5.73 Å². The van der Waals surface area contributed by atoms with E-state index in [9.17, 15) is 9.59 Å². The van der Waals surface area contributed by atoms with Gasteiger partial charge in [-0.3, -0.25) is 9.59 Å². The second-order valence-electron chi connectivity index (χ2n) is 5.12. The Morgan fingerprint density at radius 3 is 2.47 bits per heavy atom. The van der Waals surface area contributed by atoms with Crippen LogP contribution in [0.1, 0.15) is 32.1 Å². The third-order valence-corrected chi connectivity index (χ3v) is 3.86. The van der Waals surface area contributed by atoms with Crippen molar-refractivity contribution in [2.24, 2.45) is 17.6 Å². The molecule has 2 aliphatic carbocycles. The fourth-order valence-corrected chi connectivity index (χ4v) is 2.78. The van der Waals surface area contributed by atoms with Gasteiger partial charge in [0.1, 0.15) is 6.54 Å². The van der Waals surface area contributed by atoms with Crippen molar-refractivity contribution in [1.82, 2.24) is 4.90 Å². The van der Waals surface area contributed by atoms with Crippen molar-refractivity contribution in [3.63, 3.8) is 0 Å². The highest BCUT2D eigenvalue weighted by Gasteiger charge is 2.40. The van der Waals surface area contributed by atoms with Crippen LogP contribution in [-0.4, -0.2) is 41.0 Å². The van der Waals surface area contributed by atoms with Crippen LogP contribution in [0.3, 0.4) is 0 Å². The van der Waals surface area contributed by atoms with Crippen LogP contribution in [0.4, 0.5) is 0 Å². The molecule has 2 rings (SSSR count). The minimum atomic E-state index is -0.924. The van der Waals surface area contributed by atoms with Crippen molar-refractivity contribution in [3.8, 4) is 0 Å². The fraction of sp³-hybridized carbons (Fsp3) is 0.833. The van der Waals surface area contributed by atoms with Gasteiger partial charge in [-0.1, -0.05) is 6.42 Å². The molecule has 0 spiro atoms. The minimum absolute atomic E-state index is 0.0165. The molecule has 0 aliphatic heterocycles. The van der Waals surface area contributed by atoms with E-state index in [0.29, 0.717) is 6.54 Å². The van der Waals surface area contributed by atoms with E-state index in [4.69, 9.17) is 10.8 Å². The van der Waals surface area contributed by atoms with Gasteiger partial charge in [-0.15, -0.1) is 0 Å². The fourth-order valence-electron chi connectivity index (χ4n) is 2.78. The lowest BCUT2D eigenvalue weighted by Gasteiger charge is -2.26. The highest BCUT2D eigenvalue weighted by molar-refractivity contribution is 5.84. The molecular formula is C12H20N2O3. The largest absolute Gasteiger partial charge is 0.480 e. The van der Waals surface area contributed by atoms with E-state index in [1.165, 1.54) is 0 Å². The van der Waals surface area contributed by atoms with Crippen molar-refractivity contribution in [1.29, 1.82) is 0 Å². The van der Waals surface area contributed by atoms with Gasteiger partial charge in [0, 0.05) is 12.0 Å². The molecule has 17 heavy (non-hydrogen) atoms. The lowest BCUT2D eigenvalue weighted by molar-refractivity contribution is -0.147. The predicted octanol–water partition coefficient (Wildman–Crippen LogP) is 0.437. The van der Waals surface area contributed by atoms with E-state index in [1.54, 1.807) is 4.90 Å². The quantitative estimate of drug-likeness (QED) is 0.730. The number of carbonyl (C=O) groups excluding carboxylic acids is 1. The maximum absolute atomic E-state index is 12.3. The first-order valence-electron chi connectivity index (χ1n) is 6.35. The van der Waals surface area contributed by atoms with Gasteiger partial charge in [-0.2, -0.15) is 0 Å². The molecule has 0 saturated heterocycles. The maximum atomic E-state index is 12.3. The molecule has 5 heteroatoms. The van der Waals surface area contributed by atoms with Crippen LogP contribution in [0.15, 0.2) is 0 Å². The second-order valence-corrected chi connectivity index (χ2v) is 5.12. The van der Waals surface area contributed by atoms with E-state index in [-0.39, 0.29) is 30.3 Å². The highest BCUT2D eigenvalue weighted by Crippen LogP contribution is 2.35. The summed E-state index contributed by atoms with van der Waals surface area (Å²) < 4.78 is 0. The highest BCUT2D eigenvalue weighted by atomic mass is 16.4. The Morgan fingerprint density at radius 2 is 1.94 bits per heavy atom. The van der Waals surface area contributed by atoms with Crippen LogP contribution in [0, 0.1) is 11.8 Å². The maximum Gasteiger partial charge on any atom is 0.323 e. The summed E-state index contributed by atoms with van der Waals surface area (Å²) in [6, 6.07) is 0.164. The molecule has 3 N–H and O–H groups in total. The molecule has 0 aromatic carbocycles. The van der Waals surface area contributed by atoms with Gasteiger partial charge in [0.2, 0.25) is 5.91 Å². The first kappa shape index (κ1) is 12.4. The molecule has 0 aromatic rings. The van der Waals surface area contributed by atoms with Gasteiger partial charge < -0.3 is 15.7 Å². The van der Waals surface area contributed by atoms with Crippen LogP contribution in [0.25, 0.3) is 0 Å². The molecule has 2 atom stereocenters. The first-order valence-corrected chi connectivity index (χ1v) is 6.35. The molecule has 0 heterocycles. The molecule has 5 nitrogen and oxygen atoms in total. The third kappa shape index (κ3) is 2.77. The molecular weight excluding hydrogens is 220 g/mol. The Morgan fingerprint density at radius 1 is 1.24 bits per heavy atom. The molecule has 0 radical (unpaired) electrons. The van der Waals surface area contributed by atoms with E-state index in [2.05, 4.69) is 0 Å². The Balaban J connectivity index is 2.02. The lowest BCUT2D eigenvalue weighted by Crippen LogP contribution is -2.43. The molecule has 2 saturated carbocycles. The van der Waals surface area contributed by atoms with Gasteiger partial charge in [-0.05, 0) is 38.1 Å². The summed E-state index contributed by atoms with van der Waals surface area (Å²) in [6.45, 7) is 0.374. The zero-order chi connectivity index (χ0) is 12.4. The van der Waals surface area contributed by atoms with E-state index < -0.39 is 5.97 Å². The first-order chi connectivity index (χ1) is 8.13. The number of amides is 1. The average Bonchev–Trinajstić information content (AvgIpc) is 3.02. The number of hydrogen-bond acceptors (Lipinski definition) is 3. The number of hydrogen-bond donors (Lipinski definition) is 2. The van der Waals surface area contributed by atoms with Gasteiger partial charge in [-0.25, -0.2) is 0 Å². The number of nitrogens with zero attached hydrogens (tertiary/aromatic N) is 1. The topological polar surface area (TPSA) is 83.6 Å². The monoisotopic (exact) mass is 240 g/mol. The number of carboxylic acids is 1. The van der Waals surface area contributed by atoms with Crippen LogP contribution in [0.5, 0.6) is 0 Å². The number of nitrogens with two attached hydrogens (primary N) is 1. The van der Waals surface area contributed by atoms with E-state index in [0.717, 1.165) is 32.1 Å². The smallest absolute Gasteiger partial charge is 0.323 e. The minimum Gasteiger partial charge on any atom is -0.480 e. The summed E-state index contributed by atoms with van der Waals surface area (Å²) in [6.07, 6.45) is 4.78. The van der Waals surface area contributed by atoms with E-state index in [1.807, 2.05) is 0 Å². The van der Waals surface area contributed by atoms with Crippen LogP contribution in [0.2, 0.25) is 0 Å². The standard InChI is InChI=1S/C12H20N2O3/c13-6-8-2-1-3-10(8)12(17)14(7-11(15)16)9-4-5-9/h8-10H,1-7,13H2,(H,15,16). The number of rotatable bonds is 5. The Kier molecular flexibility index (Phi) is 3.66. The summed E-state index contributed by atoms with van der Waals surface area (Å²) in [5.41, 5.74) is 5.67. The molecule has 2 unspecified atom stereocenters. The molecule has 2 aliphatic rings. The number of carboxylic acid groups (broad SMARTS) is 1. The molecule has 2 fully saturated rings. The van der Waals surface area contributed by atoms with Crippen LogP contribution in [-0.2, 0) is 9.59 Å². The summed E-state index contributed by atoms with van der Waals surface area (Å²) in [7, 11) is 0. The number of carbonyl (C=O) groups is 2. The van der Waals surface area contributed by atoms with Gasteiger partial charge >= 0.3 is 5.97 Å². The molecule has 0 aromatic heterocycles. The SMILES string of the molecule is NCC1CCCC1C(=O)N(CC(=O)O)C1CC1. The predicted molar refractivity (Wildman–Crippen MR) is 62.3 cm³/mol. The lowest BCUT2D eigenvalue weighted by atomic mass is 9.94. The van der Waals surface area contributed by atoms with E-state index >= 15 is 0 Å². The Labute approximate surface area is 101 Å². The van der Waals surface area contributed by atoms with Gasteiger partial charge in [0.15, 0.2) is 0 Å². The normalized spacial score (nSPS) is 28.1. The second kappa shape index (κ2) is 5.04. The summed E-state index contributed by atoms with van der Waals surface area (Å²) in [5.74, 6) is -0.701. The molecule has 1 amide bonds. The zero-order valence-corrected chi connectivity index (χ0v) is 9.97. The molecule has 96 valence electrons. The summed E-state index contributed by atoms with van der Waals surface area (Å²) >= 11 is 0. The van der Waals surface area contributed by atoms with Crippen LogP contribution >= 0.6 is 0 Å². The van der Waals surface area contributed by atoms with Crippen molar-refractivity contribution in [2.75, 3.05) is 13.1 Å². The van der Waals surface area contributed by atoms with Crippen molar-refractivity contribution in [2.45, 2.75) is 38.1 Å². The summed E-state index contributed by atoms with van der Waals surface area (Å²) in [4.78, 5) is 24.7. The van der Waals surface area contributed by atoms with Crippen molar-refractivity contribution in [3.05, 3.63) is 0 Å². The Bertz CT molecular complexity index is 315. The summed E-state index contributed by atoms with van der Waals surface area (Å²) in [5, 5.41) is 8.86. The Hall–Kier alpha value is -1.10. The van der Waals surface area contributed by atoms with Gasteiger partial charge in [0.05, 0.1) is 0 Å². The van der Waals surface area contributed by atoms with Crippen molar-refractivity contribution >= 4 is 11.9 Å².